The van der Waals surface area contributed by atoms with Crippen LogP contribution in [0.2, 0.25) is 5.02 Å². The van der Waals surface area contributed by atoms with Gasteiger partial charge in [-0.1, -0.05) is 11.6 Å². The van der Waals surface area contributed by atoms with Crippen LogP contribution in [0, 0.1) is 10.1 Å². The Bertz CT molecular complexity index is 869. The first kappa shape index (κ1) is 19.0. The molecule has 2 aromatic rings. The fourth-order valence-corrected chi connectivity index (χ4v) is 2.92. The first-order valence-corrected chi connectivity index (χ1v) is 9.53. The quantitative estimate of drug-likeness (QED) is 0.538. The summed E-state index contributed by atoms with van der Waals surface area (Å²) < 4.78 is 28.7. The van der Waals surface area contributed by atoms with E-state index in [1.54, 1.807) is 36.2 Å². The fourth-order valence-electron chi connectivity index (χ4n) is 2.15. The smallest absolute Gasteiger partial charge is 0.293 e. The summed E-state index contributed by atoms with van der Waals surface area (Å²) in [6.45, 7) is 0.671. The molecule has 2 aromatic carbocycles. The van der Waals surface area contributed by atoms with Crippen LogP contribution < -0.4 is 9.64 Å². The lowest BCUT2D eigenvalue weighted by Gasteiger charge is -2.19. The summed E-state index contributed by atoms with van der Waals surface area (Å²) in [7, 11) is -1.84. The molecule has 0 saturated carbocycles. The van der Waals surface area contributed by atoms with E-state index >= 15 is 0 Å². The Hall–Kier alpha value is -2.32. The van der Waals surface area contributed by atoms with Gasteiger partial charge in [0.15, 0.2) is 9.84 Å². The van der Waals surface area contributed by atoms with Crippen LogP contribution in [-0.4, -0.2) is 39.8 Å². The maximum absolute atomic E-state index is 11.6. The SMILES string of the molecule is CN(CCOc1ccc(Cl)cc1)c1ccc(S(C)(=O)=O)cc1[N+](=O)[O-]. The molecule has 0 aliphatic rings. The molecular weight excluding hydrogens is 368 g/mol. The molecule has 0 amide bonds. The molecule has 0 N–H and O–H groups in total. The van der Waals surface area contributed by atoms with Gasteiger partial charge in [-0.15, -0.1) is 0 Å². The van der Waals surface area contributed by atoms with E-state index in [2.05, 4.69) is 0 Å². The van der Waals surface area contributed by atoms with Crippen molar-refractivity contribution >= 4 is 32.8 Å². The number of nitrogens with zero attached hydrogens (tertiary/aromatic N) is 2. The molecular formula is C16H17ClN2O5S. The largest absolute Gasteiger partial charge is 0.492 e. The van der Waals surface area contributed by atoms with E-state index in [4.69, 9.17) is 16.3 Å². The lowest BCUT2D eigenvalue weighted by atomic mass is 10.2. The van der Waals surface area contributed by atoms with Crippen molar-refractivity contribution < 1.29 is 18.1 Å². The molecule has 25 heavy (non-hydrogen) atoms. The number of hydrogen-bond donors (Lipinski definition) is 0. The van der Waals surface area contributed by atoms with Crippen LogP contribution in [0.1, 0.15) is 0 Å². The van der Waals surface area contributed by atoms with Crippen molar-refractivity contribution in [2.45, 2.75) is 4.90 Å². The van der Waals surface area contributed by atoms with Gasteiger partial charge >= 0.3 is 0 Å². The van der Waals surface area contributed by atoms with Crippen molar-refractivity contribution in [3.8, 4) is 5.75 Å². The van der Waals surface area contributed by atoms with Gasteiger partial charge in [0, 0.05) is 24.4 Å². The minimum atomic E-state index is -3.52. The maximum atomic E-state index is 11.6. The van der Waals surface area contributed by atoms with E-state index in [1.165, 1.54) is 12.1 Å². The van der Waals surface area contributed by atoms with Crippen molar-refractivity contribution in [1.82, 2.24) is 0 Å². The van der Waals surface area contributed by atoms with E-state index in [9.17, 15) is 18.5 Å². The number of benzene rings is 2. The molecule has 0 aromatic heterocycles. The van der Waals surface area contributed by atoms with E-state index in [1.807, 2.05) is 0 Å². The Balaban J connectivity index is 2.11. The minimum absolute atomic E-state index is 0.0891. The molecule has 0 aliphatic heterocycles. The van der Waals surface area contributed by atoms with Crippen LogP contribution in [0.3, 0.4) is 0 Å². The summed E-state index contributed by atoms with van der Waals surface area (Å²) in [4.78, 5) is 12.2. The molecule has 9 heteroatoms. The van der Waals surface area contributed by atoms with Gasteiger partial charge in [-0.2, -0.15) is 0 Å². The predicted octanol–water partition coefficient (Wildman–Crippen LogP) is 3.17. The molecule has 134 valence electrons. The highest BCUT2D eigenvalue weighted by atomic mass is 35.5. The zero-order valence-electron chi connectivity index (χ0n) is 13.7. The molecule has 0 radical (unpaired) electrons. The third-order valence-electron chi connectivity index (χ3n) is 3.49. The number of ether oxygens (including phenoxy) is 1. The lowest BCUT2D eigenvalue weighted by Crippen LogP contribution is -2.24. The summed E-state index contributed by atoms with van der Waals surface area (Å²) in [6, 6.07) is 10.7. The first-order valence-electron chi connectivity index (χ1n) is 7.26. The molecule has 0 bridgehead atoms. The van der Waals surface area contributed by atoms with E-state index in [-0.39, 0.29) is 10.6 Å². The van der Waals surface area contributed by atoms with Gasteiger partial charge in [0.05, 0.1) is 16.4 Å². The number of sulfone groups is 1. The van der Waals surface area contributed by atoms with Gasteiger partial charge < -0.3 is 9.64 Å². The maximum Gasteiger partial charge on any atom is 0.293 e. The molecule has 0 unspecified atom stereocenters. The Kier molecular flexibility index (Phi) is 5.86. The van der Waals surface area contributed by atoms with Gasteiger partial charge in [0.1, 0.15) is 18.0 Å². The average molecular weight is 385 g/mol. The molecule has 0 saturated heterocycles. The monoisotopic (exact) mass is 384 g/mol. The van der Waals surface area contributed by atoms with Gasteiger partial charge in [-0.25, -0.2) is 8.42 Å². The normalized spacial score (nSPS) is 11.2. The Morgan fingerprint density at radius 3 is 2.40 bits per heavy atom. The summed E-state index contributed by atoms with van der Waals surface area (Å²) in [5.74, 6) is 0.639. The molecule has 0 aliphatic carbocycles. The average Bonchev–Trinajstić information content (AvgIpc) is 2.55. The van der Waals surface area contributed by atoms with Gasteiger partial charge in [0.2, 0.25) is 0 Å². The van der Waals surface area contributed by atoms with Gasteiger partial charge in [-0.3, -0.25) is 10.1 Å². The Morgan fingerprint density at radius 2 is 1.84 bits per heavy atom. The molecule has 0 heterocycles. The van der Waals surface area contributed by atoms with Crippen molar-refractivity contribution in [2.24, 2.45) is 0 Å². The summed E-state index contributed by atoms with van der Waals surface area (Å²) in [5, 5.41) is 11.9. The first-order chi connectivity index (χ1) is 11.7. The number of rotatable bonds is 7. The van der Waals surface area contributed by atoms with Gasteiger partial charge in [-0.05, 0) is 36.4 Å². The highest BCUT2D eigenvalue weighted by molar-refractivity contribution is 7.90. The number of anilines is 1. The Labute approximate surface area is 150 Å². The predicted molar refractivity (Wildman–Crippen MR) is 96.4 cm³/mol. The molecule has 0 spiro atoms. The summed E-state index contributed by atoms with van der Waals surface area (Å²) in [5.41, 5.74) is 0.0500. The third-order valence-corrected chi connectivity index (χ3v) is 4.85. The number of nitro benzene ring substituents is 1. The topological polar surface area (TPSA) is 89.8 Å². The zero-order chi connectivity index (χ0) is 18.6. The van der Waals surface area contributed by atoms with Gasteiger partial charge in [0.25, 0.3) is 5.69 Å². The second-order valence-electron chi connectivity index (χ2n) is 5.40. The standard InChI is InChI=1S/C16H17ClN2O5S/c1-18(9-10-24-13-5-3-12(17)4-6-13)15-8-7-14(25(2,22)23)11-16(15)19(20)21/h3-8,11H,9-10H2,1-2H3. The fraction of sp³-hybridized carbons (Fsp3) is 0.250. The number of hydrogen-bond acceptors (Lipinski definition) is 6. The Morgan fingerprint density at radius 1 is 1.20 bits per heavy atom. The second-order valence-corrected chi connectivity index (χ2v) is 7.86. The van der Waals surface area contributed by atoms with Crippen LogP contribution >= 0.6 is 11.6 Å². The number of likely N-dealkylation sites (N-methyl/N-ethyl adjacent to an activating group) is 1. The van der Waals surface area contributed by atoms with E-state index in [0.29, 0.717) is 29.6 Å². The highest BCUT2D eigenvalue weighted by Gasteiger charge is 2.21. The number of halogens is 1. The summed E-state index contributed by atoms with van der Waals surface area (Å²) >= 11 is 5.80. The molecule has 0 atom stereocenters. The highest BCUT2D eigenvalue weighted by Crippen LogP contribution is 2.30. The van der Waals surface area contributed by atoms with Crippen LogP contribution in [0.4, 0.5) is 11.4 Å². The van der Waals surface area contributed by atoms with Crippen LogP contribution in [-0.2, 0) is 9.84 Å². The van der Waals surface area contributed by atoms with E-state index < -0.39 is 14.8 Å². The molecule has 7 nitrogen and oxygen atoms in total. The van der Waals surface area contributed by atoms with Crippen molar-refractivity contribution in [2.75, 3.05) is 31.4 Å². The zero-order valence-corrected chi connectivity index (χ0v) is 15.2. The molecule has 2 rings (SSSR count). The second kappa shape index (κ2) is 7.71. The van der Waals surface area contributed by atoms with Crippen molar-refractivity contribution in [3.63, 3.8) is 0 Å². The number of nitro groups is 1. The van der Waals surface area contributed by atoms with E-state index in [0.717, 1.165) is 12.3 Å². The third kappa shape index (κ3) is 5.07. The molecule has 0 fully saturated rings. The van der Waals surface area contributed by atoms with Crippen LogP contribution in [0.25, 0.3) is 0 Å². The van der Waals surface area contributed by atoms with Crippen molar-refractivity contribution in [1.29, 1.82) is 0 Å². The van der Waals surface area contributed by atoms with Crippen molar-refractivity contribution in [3.05, 3.63) is 57.6 Å². The van der Waals surface area contributed by atoms with Crippen LogP contribution in [0.5, 0.6) is 5.75 Å². The summed E-state index contributed by atoms with van der Waals surface area (Å²) in [6.07, 6.45) is 1.01. The van der Waals surface area contributed by atoms with Crippen LogP contribution in [0.15, 0.2) is 47.4 Å². The lowest BCUT2D eigenvalue weighted by molar-refractivity contribution is -0.384. The minimum Gasteiger partial charge on any atom is -0.492 e.